The maximum atomic E-state index is 6.02. The van der Waals surface area contributed by atoms with Gasteiger partial charge in [-0.2, -0.15) is 5.10 Å². The SMILES string of the molecule is Cc1nnc(OCC2CCCCC2CN)c2ccccc12. The molecule has 4 heteroatoms. The van der Waals surface area contributed by atoms with E-state index in [2.05, 4.69) is 16.3 Å². The molecule has 1 fully saturated rings. The van der Waals surface area contributed by atoms with Crippen LogP contribution in [0.4, 0.5) is 0 Å². The lowest BCUT2D eigenvalue weighted by Crippen LogP contribution is -2.30. The van der Waals surface area contributed by atoms with Gasteiger partial charge >= 0.3 is 0 Å². The van der Waals surface area contributed by atoms with Gasteiger partial charge in [0.1, 0.15) is 0 Å². The second kappa shape index (κ2) is 6.39. The molecule has 2 aromatic rings. The minimum absolute atomic E-state index is 0.547. The first-order chi connectivity index (χ1) is 10.3. The summed E-state index contributed by atoms with van der Waals surface area (Å²) >= 11 is 0. The Kier molecular flexibility index (Phi) is 4.34. The average Bonchev–Trinajstić information content (AvgIpc) is 2.55. The first-order valence-corrected chi connectivity index (χ1v) is 7.84. The zero-order chi connectivity index (χ0) is 14.7. The van der Waals surface area contributed by atoms with E-state index in [1.807, 2.05) is 25.1 Å². The molecule has 0 saturated heterocycles. The Morgan fingerprint density at radius 3 is 2.57 bits per heavy atom. The third-order valence-electron chi connectivity index (χ3n) is 4.64. The monoisotopic (exact) mass is 285 g/mol. The molecule has 2 N–H and O–H groups in total. The summed E-state index contributed by atoms with van der Waals surface area (Å²) in [6.07, 6.45) is 5.01. The molecule has 4 nitrogen and oxygen atoms in total. The van der Waals surface area contributed by atoms with Crippen LogP contribution in [0.2, 0.25) is 0 Å². The van der Waals surface area contributed by atoms with E-state index in [-0.39, 0.29) is 0 Å². The smallest absolute Gasteiger partial charge is 0.241 e. The third kappa shape index (κ3) is 3.00. The molecule has 0 radical (unpaired) electrons. The van der Waals surface area contributed by atoms with Crippen LogP contribution >= 0.6 is 0 Å². The first-order valence-electron chi connectivity index (χ1n) is 7.84. The van der Waals surface area contributed by atoms with Crippen molar-refractivity contribution in [2.45, 2.75) is 32.6 Å². The highest BCUT2D eigenvalue weighted by atomic mass is 16.5. The predicted molar refractivity (Wildman–Crippen MR) is 84.3 cm³/mol. The lowest BCUT2D eigenvalue weighted by atomic mass is 9.80. The van der Waals surface area contributed by atoms with Crippen LogP contribution in [0, 0.1) is 18.8 Å². The van der Waals surface area contributed by atoms with Crippen LogP contribution in [0.1, 0.15) is 31.4 Å². The molecule has 2 unspecified atom stereocenters. The second-order valence-corrected chi connectivity index (χ2v) is 5.99. The summed E-state index contributed by atoms with van der Waals surface area (Å²) < 4.78 is 6.02. The number of nitrogens with zero attached hydrogens (tertiary/aromatic N) is 2. The summed E-state index contributed by atoms with van der Waals surface area (Å²) in [6, 6.07) is 8.15. The standard InChI is InChI=1S/C17H23N3O/c1-12-15-8-4-5-9-16(15)17(20-19-12)21-11-14-7-3-2-6-13(14)10-18/h4-5,8-9,13-14H,2-3,6-7,10-11,18H2,1H3. The van der Waals surface area contributed by atoms with Gasteiger partial charge in [-0.25, -0.2) is 0 Å². The van der Waals surface area contributed by atoms with Crippen LogP contribution < -0.4 is 10.5 Å². The quantitative estimate of drug-likeness (QED) is 0.937. The Morgan fingerprint density at radius 2 is 1.81 bits per heavy atom. The van der Waals surface area contributed by atoms with Crippen LogP contribution in [0.15, 0.2) is 24.3 Å². The summed E-state index contributed by atoms with van der Waals surface area (Å²) in [5, 5.41) is 10.6. The number of benzene rings is 1. The van der Waals surface area contributed by atoms with Crippen molar-refractivity contribution in [1.82, 2.24) is 10.2 Å². The molecule has 3 rings (SSSR count). The molecule has 2 atom stereocenters. The lowest BCUT2D eigenvalue weighted by Gasteiger charge is -2.30. The zero-order valence-corrected chi connectivity index (χ0v) is 12.6. The highest BCUT2D eigenvalue weighted by Crippen LogP contribution is 2.31. The molecule has 21 heavy (non-hydrogen) atoms. The summed E-state index contributed by atoms with van der Waals surface area (Å²) in [5.41, 5.74) is 6.83. The number of nitrogens with two attached hydrogens (primary N) is 1. The van der Waals surface area contributed by atoms with Crippen LogP contribution in [0.3, 0.4) is 0 Å². The Morgan fingerprint density at radius 1 is 1.10 bits per heavy atom. The number of aryl methyl sites for hydroxylation is 1. The molecule has 0 aliphatic heterocycles. The van der Waals surface area contributed by atoms with Crippen molar-refractivity contribution < 1.29 is 4.74 Å². The van der Waals surface area contributed by atoms with E-state index >= 15 is 0 Å². The van der Waals surface area contributed by atoms with E-state index in [1.54, 1.807) is 0 Å². The van der Waals surface area contributed by atoms with Crippen molar-refractivity contribution >= 4 is 10.8 Å². The normalized spacial score (nSPS) is 22.4. The number of ether oxygens (including phenoxy) is 1. The highest BCUT2D eigenvalue weighted by Gasteiger charge is 2.24. The van der Waals surface area contributed by atoms with Gasteiger partial charge in [0, 0.05) is 10.8 Å². The zero-order valence-electron chi connectivity index (χ0n) is 12.6. The average molecular weight is 285 g/mol. The second-order valence-electron chi connectivity index (χ2n) is 5.99. The predicted octanol–water partition coefficient (Wildman–Crippen LogP) is 3.08. The molecule has 1 heterocycles. The topological polar surface area (TPSA) is 61.0 Å². The molecule has 0 bridgehead atoms. The van der Waals surface area contributed by atoms with E-state index in [4.69, 9.17) is 10.5 Å². The minimum atomic E-state index is 0.547. The molecule has 1 aromatic carbocycles. The molecule has 0 amide bonds. The summed E-state index contributed by atoms with van der Waals surface area (Å²) in [5.74, 6) is 1.78. The summed E-state index contributed by atoms with van der Waals surface area (Å²) in [7, 11) is 0. The van der Waals surface area contributed by atoms with Gasteiger partial charge < -0.3 is 10.5 Å². The number of hydrogen-bond acceptors (Lipinski definition) is 4. The van der Waals surface area contributed by atoms with Crippen molar-refractivity contribution in [2.75, 3.05) is 13.2 Å². The van der Waals surface area contributed by atoms with Gasteiger partial charge in [0.25, 0.3) is 0 Å². The number of fused-ring (bicyclic) bond motifs is 1. The van der Waals surface area contributed by atoms with E-state index in [0.29, 0.717) is 24.3 Å². The van der Waals surface area contributed by atoms with Crippen LogP contribution in [-0.2, 0) is 0 Å². The molecule has 1 aliphatic carbocycles. The Hall–Kier alpha value is -1.68. The van der Waals surface area contributed by atoms with Crippen molar-refractivity contribution in [3.8, 4) is 5.88 Å². The molecule has 112 valence electrons. The minimum Gasteiger partial charge on any atom is -0.476 e. The maximum absolute atomic E-state index is 6.02. The van der Waals surface area contributed by atoms with Gasteiger partial charge in [-0.1, -0.05) is 31.0 Å². The van der Waals surface area contributed by atoms with Gasteiger partial charge in [0.05, 0.1) is 12.3 Å². The van der Waals surface area contributed by atoms with Gasteiger partial charge in [0.2, 0.25) is 5.88 Å². The van der Waals surface area contributed by atoms with E-state index in [9.17, 15) is 0 Å². The van der Waals surface area contributed by atoms with Crippen LogP contribution in [0.25, 0.3) is 10.8 Å². The molecule has 1 aliphatic rings. The van der Waals surface area contributed by atoms with Gasteiger partial charge in [-0.15, -0.1) is 5.10 Å². The molecular weight excluding hydrogens is 262 g/mol. The van der Waals surface area contributed by atoms with Gasteiger partial charge in [-0.05, 0) is 44.2 Å². The molecule has 1 aromatic heterocycles. The van der Waals surface area contributed by atoms with Crippen molar-refractivity contribution in [3.05, 3.63) is 30.0 Å². The third-order valence-corrected chi connectivity index (χ3v) is 4.64. The fourth-order valence-electron chi connectivity index (χ4n) is 3.32. The lowest BCUT2D eigenvalue weighted by molar-refractivity contribution is 0.150. The Balaban J connectivity index is 1.77. The van der Waals surface area contributed by atoms with Gasteiger partial charge in [0.15, 0.2) is 0 Å². The number of hydrogen-bond donors (Lipinski definition) is 1. The number of aromatic nitrogens is 2. The van der Waals surface area contributed by atoms with Gasteiger partial charge in [-0.3, -0.25) is 0 Å². The summed E-state index contributed by atoms with van der Waals surface area (Å²) in [6.45, 7) is 3.43. The number of rotatable bonds is 4. The van der Waals surface area contributed by atoms with Crippen LogP contribution in [0.5, 0.6) is 5.88 Å². The fraction of sp³-hybridized carbons (Fsp3) is 0.529. The van der Waals surface area contributed by atoms with E-state index in [1.165, 1.54) is 25.7 Å². The van der Waals surface area contributed by atoms with E-state index < -0.39 is 0 Å². The van der Waals surface area contributed by atoms with E-state index in [0.717, 1.165) is 23.0 Å². The van der Waals surface area contributed by atoms with Crippen molar-refractivity contribution in [2.24, 2.45) is 17.6 Å². The van der Waals surface area contributed by atoms with Crippen molar-refractivity contribution in [1.29, 1.82) is 0 Å². The molecule has 1 saturated carbocycles. The molecule has 0 spiro atoms. The fourth-order valence-corrected chi connectivity index (χ4v) is 3.32. The largest absolute Gasteiger partial charge is 0.476 e. The summed E-state index contributed by atoms with van der Waals surface area (Å²) in [4.78, 5) is 0. The Labute approximate surface area is 125 Å². The first kappa shape index (κ1) is 14.3. The van der Waals surface area contributed by atoms with Crippen LogP contribution in [-0.4, -0.2) is 23.3 Å². The molecular formula is C17H23N3O. The Bertz CT molecular complexity index is 614. The van der Waals surface area contributed by atoms with Crippen molar-refractivity contribution in [3.63, 3.8) is 0 Å². The highest BCUT2D eigenvalue weighted by molar-refractivity contribution is 5.88. The maximum Gasteiger partial charge on any atom is 0.241 e.